The lowest BCUT2D eigenvalue weighted by atomic mass is 9.96. The number of fused-ring (bicyclic) bond motifs is 10. The van der Waals surface area contributed by atoms with Gasteiger partial charge in [0.05, 0.1) is 45.4 Å². The fourth-order valence-corrected chi connectivity index (χ4v) is 19.4. The number of halogens is 5. The normalized spacial score (nSPS) is 19.9. The van der Waals surface area contributed by atoms with E-state index < -0.39 is 114 Å². The average molecular weight is 2020 g/mol. The van der Waals surface area contributed by atoms with Gasteiger partial charge in [-0.15, -0.1) is 11.3 Å². The van der Waals surface area contributed by atoms with Crippen LogP contribution in [0.15, 0.2) is 219 Å². The molecule has 0 saturated carbocycles. The predicted octanol–water partition coefficient (Wildman–Crippen LogP) is 9.93. The van der Waals surface area contributed by atoms with Gasteiger partial charge in [0.25, 0.3) is 29.5 Å². The zero-order valence-electron chi connectivity index (χ0n) is 73.7. The summed E-state index contributed by atoms with van der Waals surface area (Å²) in [6.07, 6.45) is 2.12. The van der Waals surface area contributed by atoms with Crippen LogP contribution in [0.2, 0.25) is 24.4 Å². The molecule has 0 bridgehead atoms. The highest BCUT2D eigenvalue weighted by Gasteiger charge is 2.44. The van der Waals surface area contributed by atoms with Crippen molar-refractivity contribution < 1.29 is 82.8 Å². The Balaban J connectivity index is 0.000000117. The molecule has 10 atom stereocenters. The summed E-state index contributed by atoms with van der Waals surface area (Å²) in [4.78, 5) is 191. The molecule has 12 amide bonds. The number of likely N-dealkylation sites (tertiary alicyclic amines) is 2. The number of carboxylic acids is 1. The molecule has 0 radical (unpaired) electrons. The third-order valence-corrected chi connectivity index (χ3v) is 26.9. The molecule has 36 nitrogen and oxygen atoms in total. The molecule has 8 aromatic heterocycles. The zero-order chi connectivity index (χ0) is 98.9. The summed E-state index contributed by atoms with van der Waals surface area (Å²) in [5.41, 5.74) is 11.7. The van der Waals surface area contributed by atoms with Crippen molar-refractivity contribution in [1.82, 2.24) is 87.2 Å². The Morgan fingerprint density at radius 1 is 0.348 bits per heavy atom. The smallest absolute Gasteiger partial charge is 0.330 e. The molecule has 15 heterocycles. The fraction of sp³-hybridized carbons (Fsp3) is 0.202. The Hall–Kier alpha value is -15.3. The summed E-state index contributed by atoms with van der Waals surface area (Å²) in [5.74, 6) is -5.83. The molecule has 0 spiro atoms. The number of aromatic nitrogens is 7. The van der Waals surface area contributed by atoms with Crippen LogP contribution in [0.5, 0.6) is 0 Å². The number of hydrogen-bond acceptors (Lipinski definition) is 19. The fourth-order valence-electron chi connectivity index (χ4n) is 17.6. The van der Waals surface area contributed by atoms with Gasteiger partial charge in [0.2, 0.25) is 41.4 Å². The number of amides is 12. The molecule has 2 unspecified atom stereocenters. The minimum absolute atomic E-state index is 0.0148. The van der Waals surface area contributed by atoms with Crippen molar-refractivity contribution in [2.75, 3.05) is 36.8 Å². The van der Waals surface area contributed by atoms with Crippen LogP contribution in [0.4, 0.5) is 11.4 Å². The molecular weight excluding hydrogens is 1940 g/mol. The van der Waals surface area contributed by atoms with E-state index in [0.717, 1.165) is 76.3 Å². The first-order chi connectivity index (χ1) is 67.8. The number of aromatic amines is 5. The van der Waals surface area contributed by atoms with Crippen molar-refractivity contribution in [3.8, 4) is 0 Å². The number of carboxylic acid groups (broad SMARTS) is 1. The summed E-state index contributed by atoms with van der Waals surface area (Å²) < 4.78 is 0.660. The summed E-state index contributed by atoms with van der Waals surface area (Å²) >= 11 is 31.3. The van der Waals surface area contributed by atoms with Crippen LogP contribution in [-0.4, -0.2) is 217 Å². The lowest BCUT2D eigenvalue weighted by Crippen LogP contribution is -2.57. The number of nitrogens with one attached hydrogen (secondary N) is 15. The number of H-pyrrole nitrogens is 5. The average Bonchev–Trinajstić information content (AvgIpc) is 1.70. The summed E-state index contributed by atoms with van der Waals surface area (Å²) in [6.45, 7) is 0.466. The second-order valence-electron chi connectivity index (χ2n) is 34.3. The van der Waals surface area contributed by atoms with E-state index in [-0.39, 0.29) is 86.4 Å². The Morgan fingerprint density at radius 3 is 1.00 bits per heavy atom. The molecule has 0 aliphatic carbocycles. The molecule has 141 heavy (non-hydrogen) atoms. The molecule has 19 N–H and O–H groups in total. The standard InChI is InChI=1S/C24H23ClN4O5.C23H21ClN4O4.C20H16ClN3O4.C17H13ClN4O2.C15H11ClN4O2S/c25-14-5-6-16-13(7-14)9-17(26-16)22(32)27-18-8-12-3-1-2-4-15(12)21(28-23(18)33)24(34)29-10-19(30)20(31)11-29;24-14-5-6-17-13(7-14)9-18(25-17)21(30)26-19-8-12-3-1-2-4-16(12)20(27-22(19)31)23(32)28-10-15(29)11-28;21-12-5-6-14-11(7-12)9-15(22-14)18(25)23-16-8-10-3-1-2-4-13(10)17(20(27)28)24-19(16)26;18-10-3-4-11-9(6-10)7-14(20-11)16(23)22-15-8-13-12(21-17(15)24)2-1-5-19-13;16-12-5-7-4-10(20-15(7)23-12)13(21)19-11-6-9-8(18-14(11)22)2-1-3-17-9/h1-7,9,18-21,26,30-31H,8,10-11H2,(H,27,32)(H,28,33);1-7,9,15,19-20,25,29H,8,10-11H2,(H,26,30)(H,27,31);1-7,9,16-17,22H,8H2,(H,23,25)(H,24,26)(H,27,28);1-7,15,20H,8H2,(H,21,24)(H,22,23);1-5,11,20H,6H2,(H,18,22)(H,19,21)/t18-,19-,20+,21+;19-,20+;16-,17+;;/m111../s1. The van der Waals surface area contributed by atoms with E-state index >= 15 is 0 Å². The van der Waals surface area contributed by atoms with Gasteiger partial charge in [-0.05, 0) is 167 Å². The van der Waals surface area contributed by atoms with Crippen LogP contribution in [0, 0.1) is 0 Å². The van der Waals surface area contributed by atoms with Gasteiger partial charge in [0.1, 0.15) is 75.6 Å². The zero-order valence-corrected chi connectivity index (χ0v) is 78.3. The number of nitrogens with zero attached hydrogens (tertiary/aromatic N) is 4. The SMILES string of the molecule is O=C(NC1Cc2ncccc2NC1=O)c1cc2cc(Cl)ccc2[nH]1.O=C(NC1Cc2ncccc2NC1=O)c1cc2cc(Cl)sc2[nH]1.O=C(N[C@@H]1Cc2ccccc2[C@@H](C(=O)N2CC(O)C2)NC1=O)c1cc2cc(Cl)ccc2[nH]1.O=C(N[C@@H]1Cc2ccccc2[C@@H](C(=O)N2C[C@@H](O)[C@@H](O)C2)NC1=O)c1cc2cc(Cl)ccc2[nH]1.O=C(N[C@@H]1Cc2ccccc2[C@@H](C(=O)O)NC1=O)c1cc2cc(Cl)ccc2[nH]1. The number of carbonyl (C=O) groups is 13. The first kappa shape index (κ1) is 96.0. The maximum absolute atomic E-state index is 13.2. The third-order valence-electron chi connectivity index (χ3n) is 24.7. The van der Waals surface area contributed by atoms with E-state index in [9.17, 15) is 82.8 Å². The molecule has 7 aliphatic rings. The summed E-state index contributed by atoms with van der Waals surface area (Å²) in [5, 5.41) is 72.3. The summed E-state index contributed by atoms with van der Waals surface area (Å²) in [7, 11) is 0. The van der Waals surface area contributed by atoms with Crippen LogP contribution < -0.4 is 53.2 Å². The highest BCUT2D eigenvalue weighted by molar-refractivity contribution is 7.22. The minimum Gasteiger partial charge on any atom is -0.479 e. The van der Waals surface area contributed by atoms with Crippen molar-refractivity contribution in [3.63, 3.8) is 0 Å². The molecule has 7 aliphatic heterocycles. The van der Waals surface area contributed by atoms with Gasteiger partial charge in [-0.25, -0.2) is 4.79 Å². The minimum atomic E-state index is -1.15. The number of anilines is 2. The van der Waals surface area contributed by atoms with E-state index in [1.54, 1.807) is 188 Å². The Kier molecular flexibility index (Phi) is 27.9. The number of thiophene rings is 1. The number of aliphatic hydroxyl groups excluding tert-OH is 3. The molecule has 42 heteroatoms. The Morgan fingerprint density at radius 2 is 0.660 bits per heavy atom. The topological polar surface area (TPSA) is 534 Å². The van der Waals surface area contributed by atoms with Gasteiger partial charge in [-0.2, -0.15) is 0 Å². The van der Waals surface area contributed by atoms with Crippen molar-refractivity contribution in [2.45, 2.75) is 98.8 Å². The van der Waals surface area contributed by atoms with Crippen molar-refractivity contribution >= 4 is 211 Å². The number of β-amino-alcohol motifs (C(OH)–C–C–N with tert-alkyl or cyclic N) is 3. The van der Waals surface area contributed by atoms with Crippen LogP contribution in [0.25, 0.3) is 53.8 Å². The molecular formula is C99H84Cl5N19O17S. The maximum atomic E-state index is 13.2. The number of aliphatic hydroxyl groups is 3. The molecule has 7 aromatic carbocycles. The number of hydrogen-bond donors (Lipinski definition) is 19. The van der Waals surface area contributed by atoms with E-state index in [2.05, 4.69) is 88.1 Å². The highest BCUT2D eigenvalue weighted by Crippen LogP contribution is 2.35. The van der Waals surface area contributed by atoms with Crippen LogP contribution >= 0.6 is 69.3 Å². The Labute approximate surface area is 827 Å². The van der Waals surface area contributed by atoms with E-state index in [4.69, 9.17) is 58.0 Å². The number of carbonyl (C=O) groups excluding carboxylic acids is 12. The number of aliphatic carboxylic acids is 1. The quantitative estimate of drug-likeness (QED) is 0.0510. The number of pyridine rings is 2. The van der Waals surface area contributed by atoms with Crippen LogP contribution in [0.3, 0.4) is 0 Å². The van der Waals surface area contributed by atoms with Gasteiger partial charge in [-0.3, -0.25) is 67.5 Å². The second kappa shape index (κ2) is 41.0. The van der Waals surface area contributed by atoms with E-state index in [1.807, 2.05) is 30.3 Å². The van der Waals surface area contributed by atoms with Gasteiger partial charge >= 0.3 is 5.97 Å². The van der Waals surface area contributed by atoms with E-state index in [0.29, 0.717) is 88.0 Å². The summed E-state index contributed by atoms with van der Waals surface area (Å²) in [6, 6.07) is 52.8. The molecule has 2 saturated heterocycles. The first-order valence-electron chi connectivity index (χ1n) is 44.2. The Bertz CT molecular complexity index is 7520. The van der Waals surface area contributed by atoms with Crippen LogP contribution in [0.1, 0.15) is 115 Å². The van der Waals surface area contributed by atoms with Gasteiger partial charge in [-0.1, -0.05) is 131 Å². The first-order valence-corrected chi connectivity index (χ1v) is 47.0. The molecule has 2 fully saturated rings. The predicted molar refractivity (Wildman–Crippen MR) is 526 cm³/mol. The highest BCUT2D eigenvalue weighted by atomic mass is 35.5. The van der Waals surface area contributed by atoms with Gasteiger partial charge < -0.3 is 108 Å². The van der Waals surface area contributed by atoms with Crippen LogP contribution in [-0.2, 0) is 70.5 Å². The third kappa shape index (κ3) is 21.5. The van der Waals surface area contributed by atoms with Gasteiger partial charge in [0, 0.05) is 140 Å². The maximum Gasteiger partial charge on any atom is 0.330 e. The van der Waals surface area contributed by atoms with Crippen molar-refractivity contribution in [1.29, 1.82) is 0 Å². The lowest BCUT2D eigenvalue weighted by Gasteiger charge is -2.38. The monoisotopic (exact) mass is 2020 g/mol. The lowest BCUT2D eigenvalue weighted by molar-refractivity contribution is -0.145. The van der Waals surface area contributed by atoms with Crippen molar-refractivity contribution in [2.24, 2.45) is 0 Å². The number of benzene rings is 7. The molecule has 22 rings (SSSR count). The molecule has 15 aromatic rings. The van der Waals surface area contributed by atoms with E-state index in [1.165, 1.54) is 21.1 Å². The largest absolute Gasteiger partial charge is 0.479 e. The second-order valence-corrected chi connectivity index (χ2v) is 37.8. The number of rotatable bonds is 13. The van der Waals surface area contributed by atoms with Crippen molar-refractivity contribution in [3.05, 3.63) is 316 Å². The molecule has 718 valence electrons. The van der Waals surface area contributed by atoms with Gasteiger partial charge in [0.15, 0.2) is 6.04 Å².